The Morgan fingerprint density at radius 3 is 1.57 bits per heavy atom. The van der Waals surface area contributed by atoms with Crippen LogP contribution in [0.3, 0.4) is 0 Å². The van der Waals surface area contributed by atoms with Gasteiger partial charge in [0, 0.05) is 19.5 Å². The van der Waals surface area contributed by atoms with E-state index in [1.807, 2.05) is 19.9 Å². The number of rotatable bonds is 21. The van der Waals surface area contributed by atoms with E-state index in [1.54, 1.807) is 24.3 Å². The first-order valence-electron chi connectivity index (χ1n) is 15.5. The highest BCUT2D eigenvalue weighted by Crippen LogP contribution is 2.10. The van der Waals surface area contributed by atoms with Crippen LogP contribution in [-0.2, 0) is 30.4 Å². The molecule has 0 fully saturated rings. The summed E-state index contributed by atoms with van der Waals surface area (Å²) in [5, 5.41) is 10.7. The van der Waals surface area contributed by atoms with Gasteiger partial charge in [-0.3, -0.25) is 34.0 Å². The van der Waals surface area contributed by atoms with Gasteiger partial charge < -0.3 is 55.7 Å². The molecule has 1 aromatic carbocycles. The van der Waals surface area contributed by atoms with Crippen molar-refractivity contribution in [2.24, 2.45) is 50.3 Å². The lowest BCUT2D eigenvalue weighted by atomic mass is 10.0. The maximum Gasteiger partial charge on any atom is 0.243 e. The number of nitrogens with one attached hydrogen (secondary N) is 4. The van der Waals surface area contributed by atoms with Crippen LogP contribution in [0.25, 0.3) is 0 Å². The standard InChI is InChI=1S/C30H52N12O5/c1-17(2)15-22(27(46)39-20(24(32)43)11-7-13-37-29(33)34)42-26(45)21(12-8-14-38-30(35)36)40-28(47)23(41-25(44)18(3)31)16-19-9-5-4-6-10-19/h4-6,9-10,17-18,20-23H,7-8,11-16,31H2,1-3H3,(H2,32,43)(H,39,46)(H,40,47)(H,41,44)(H,42,45)(H4,33,34,37)(H4,35,36,38)/t18-,20-,21-,22-,23-/m0/s1. The SMILES string of the molecule is CC(C)C[C@H](NC(=O)[C@H](CCCN=C(N)N)NC(=O)[C@H](Cc1ccccc1)NC(=O)[C@H](C)N)C(=O)N[C@@H](CCCN=C(N)N)C(N)=O. The fraction of sp³-hybridized carbons (Fsp3) is 0.567. The zero-order chi connectivity index (χ0) is 35.5. The minimum atomic E-state index is -1.14. The van der Waals surface area contributed by atoms with Crippen LogP contribution >= 0.6 is 0 Å². The number of hydrogen-bond acceptors (Lipinski definition) is 8. The van der Waals surface area contributed by atoms with Gasteiger partial charge in [0.2, 0.25) is 29.5 Å². The number of hydrogen-bond donors (Lipinski definition) is 10. The first-order chi connectivity index (χ1) is 22.1. The number of carbonyl (C=O) groups excluding carboxylic acids is 5. The Labute approximate surface area is 275 Å². The van der Waals surface area contributed by atoms with Crippen LogP contribution in [0, 0.1) is 5.92 Å². The van der Waals surface area contributed by atoms with Crippen LogP contribution < -0.4 is 55.7 Å². The van der Waals surface area contributed by atoms with E-state index in [9.17, 15) is 24.0 Å². The highest BCUT2D eigenvalue weighted by atomic mass is 16.2. The van der Waals surface area contributed by atoms with Gasteiger partial charge in [-0.2, -0.15) is 0 Å². The summed E-state index contributed by atoms with van der Waals surface area (Å²) in [7, 11) is 0. The van der Waals surface area contributed by atoms with E-state index in [-0.39, 0.29) is 56.6 Å². The first kappa shape index (κ1) is 40.1. The molecule has 17 heteroatoms. The molecule has 1 rings (SSSR count). The van der Waals surface area contributed by atoms with Gasteiger partial charge in [0.15, 0.2) is 11.9 Å². The Bertz CT molecular complexity index is 1230. The van der Waals surface area contributed by atoms with Crippen LogP contribution in [0.2, 0.25) is 0 Å². The number of nitrogens with zero attached hydrogens (tertiary/aromatic N) is 2. The third-order valence-electron chi connectivity index (χ3n) is 6.85. The summed E-state index contributed by atoms with van der Waals surface area (Å²) >= 11 is 0. The fourth-order valence-corrected chi connectivity index (χ4v) is 4.44. The average Bonchev–Trinajstić information content (AvgIpc) is 2.98. The number of guanidine groups is 2. The largest absolute Gasteiger partial charge is 0.370 e. The molecule has 0 spiro atoms. The lowest BCUT2D eigenvalue weighted by Gasteiger charge is -2.27. The highest BCUT2D eigenvalue weighted by Gasteiger charge is 2.31. The molecule has 0 aromatic heterocycles. The molecule has 0 saturated carbocycles. The van der Waals surface area contributed by atoms with E-state index in [0.29, 0.717) is 12.8 Å². The Balaban J connectivity index is 3.22. The fourth-order valence-electron chi connectivity index (χ4n) is 4.44. The van der Waals surface area contributed by atoms with Crippen molar-refractivity contribution >= 4 is 41.5 Å². The molecule has 0 unspecified atom stereocenters. The Kier molecular flexibility index (Phi) is 17.9. The Morgan fingerprint density at radius 1 is 0.638 bits per heavy atom. The smallest absolute Gasteiger partial charge is 0.243 e. The summed E-state index contributed by atoms with van der Waals surface area (Å²) < 4.78 is 0. The van der Waals surface area contributed by atoms with Crippen LogP contribution in [-0.4, -0.2) is 84.8 Å². The second-order valence-electron chi connectivity index (χ2n) is 11.7. The van der Waals surface area contributed by atoms with Gasteiger partial charge in [0.05, 0.1) is 6.04 Å². The average molecular weight is 661 g/mol. The van der Waals surface area contributed by atoms with E-state index < -0.39 is 59.7 Å². The van der Waals surface area contributed by atoms with Gasteiger partial charge in [0.25, 0.3) is 0 Å². The van der Waals surface area contributed by atoms with Crippen LogP contribution in [0.4, 0.5) is 0 Å². The van der Waals surface area contributed by atoms with Gasteiger partial charge in [-0.05, 0) is 50.5 Å². The van der Waals surface area contributed by atoms with Crippen molar-refractivity contribution in [3.05, 3.63) is 35.9 Å². The van der Waals surface area contributed by atoms with Gasteiger partial charge in [-0.15, -0.1) is 0 Å². The summed E-state index contributed by atoms with van der Waals surface area (Å²) in [5.41, 5.74) is 33.5. The maximum atomic E-state index is 13.7. The molecule has 5 atom stereocenters. The molecular formula is C30H52N12O5. The number of primary amides is 1. The summed E-state index contributed by atoms with van der Waals surface area (Å²) in [4.78, 5) is 73.0. The first-order valence-corrected chi connectivity index (χ1v) is 15.5. The maximum absolute atomic E-state index is 13.7. The summed E-state index contributed by atoms with van der Waals surface area (Å²) in [6.45, 7) is 5.60. The van der Waals surface area contributed by atoms with Crippen LogP contribution in [0.1, 0.15) is 58.4 Å². The van der Waals surface area contributed by atoms with Gasteiger partial charge in [-0.1, -0.05) is 44.2 Å². The minimum absolute atomic E-state index is 0.0430. The number of carbonyl (C=O) groups is 5. The molecule has 0 bridgehead atoms. The lowest BCUT2D eigenvalue weighted by molar-refractivity contribution is -0.134. The molecule has 0 aliphatic rings. The van der Waals surface area contributed by atoms with Crippen molar-refractivity contribution in [1.29, 1.82) is 0 Å². The minimum Gasteiger partial charge on any atom is -0.370 e. The van der Waals surface area contributed by atoms with E-state index in [0.717, 1.165) is 5.56 Å². The van der Waals surface area contributed by atoms with E-state index in [2.05, 4.69) is 31.3 Å². The predicted molar refractivity (Wildman–Crippen MR) is 180 cm³/mol. The molecule has 47 heavy (non-hydrogen) atoms. The lowest BCUT2D eigenvalue weighted by Crippen LogP contribution is -2.59. The van der Waals surface area contributed by atoms with E-state index in [1.165, 1.54) is 6.92 Å². The van der Waals surface area contributed by atoms with Crippen molar-refractivity contribution in [3.8, 4) is 0 Å². The third kappa shape index (κ3) is 16.8. The number of benzene rings is 1. The molecule has 0 aliphatic heterocycles. The number of aliphatic imine (C=N–C) groups is 2. The van der Waals surface area contributed by atoms with E-state index in [4.69, 9.17) is 34.4 Å². The predicted octanol–water partition coefficient (Wildman–Crippen LogP) is -2.85. The molecular weight excluding hydrogens is 608 g/mol. The van der Waals surface area contributed by atoms with Crippen molar-refractivity contribution in [3.63, 3.8) is 0 Å². The van der Waals surface area contributed by atoms with Crippen molar-refractivity contribution in [2.75, 3.05) is 13.1 Å². The molecule has 16 N–H and O–H groups in total. The molecule has 0 heterocycles. The van der Waals surface area contributed by atoms with Crippen molar-refractivity contribution in [2.45, 2.75) is 89.5 Å². The molecule has 5 amide bonds. The molecule has 0 saturated heterocycles. The molecule has 1 aromatic rings. The molecule has 0 aliphatic carbocycles. The normalized spacial score (nSPS) is 14.0. The second-order valence-corrected chi connectivity index (χ2v) is 11.7. The van der Waals surface area contributed by atoms with Crippen molar-refractivity contribution < 1.29 is 24.0 Å². The van der Waals surface area contributed by atoms with Gasteiger partial charge >= 0.3 is 0 Å². The third-order valence-corrected chi connectivity index (χ3v) is 6.85. The van der Waals surface area contributed by atoms with E-state index >= 15 is 0 Å². The second kappa shape index (κ2) is 21.0. The molecule has 17 nitrogen and oxygen atoms in total. The Morgan fingerprint density at radius 2 is 1.09 bits per heavy atom. The highest BCUT2D eigenvalue weighted by molar-refractivity contribution is 5.95. The molecule has 262 valence electrons. The van der Waals surface area contributed by atoms with Crippen LogP contribution in [0.5, 0.6) is 0 Å². The monoisotopic (exact) mass is 660 g/mol. The van der Waals surface area contributed by atoms with Crippen molar-refractivity contribution in [1.82, 2.24) is 21.3 Å². The number of amides is 5. The summed E-state index contributed by atoms with van der Waals surface area (Å²) in [5.74, 6) is -3.52. The zero-order valence-corrected chi connectivity index (χ0v) is 27.4. The molecule has 0 radical (unpaired) electrons. The summed E-state index contributed by atoms with van der Waals surface area (Å²) in [6.07, 6.45) is 1.27. The van der Waals surface area contributed by atoms with Crippen LogP contribution in [0.15, 0.2) is 40.3 Å². The van der Waals surface area contributed by atoms with Gasteiger partial charge in [0.1, 0.15) is 24.2 Å². The Hall–Kier alpha value is -4.93. The quantitative estimate of drug-likeness (QED) is 0.0365. The van der Waals surface area contributed by atoms with Gasteiger partial charge in [-0.25, -0.2) is 0 Å². The number of nitrogens with two attached hydrogens (primary N) is 6. The summed E-state index contributed by atoms with van der Waals surface area (Å²) in [6, 6.07) is 3.81. The zero-order valence-electron chi connectivity index (χ0n) is 27.4. The topological polar surface area (TPSA) is 314 Å².